The van der Waals surface area contributed by atoms with Crippen LogP contribution in [0.1, 0.15) is 28.8 Å². The number of halogens is 2. The first-order valence-electron chi connectivity index (χ1n) is 8.76. The summed E-state index contributed by atoms with van der Waals surface area (Å²) in [6.07, 6.45) is 2.52. The Labute approximate surface area is 172 Å². The largest absolute Gasteiger partial charge is 0.485 e. The third-order valence-corrected chi connectivity index (χ3v) is 5.46. The van der Waals surface area contributed by atoms with Crippen molar-refractivity contribution in [1.82, 2.24) is 9.88 Å². The zero-order valence-electron chi connectivity index (χ0n) is 15.0. The Kier molecular flexibility index (Phi) is 6.26. The molecule has 148 valence electrons. The third kappa shape index (κ3) is 4.48. The minimum Gasteiger partial charge on any atom is -0.485 e. The van der Waals surface area contributed by atoms with Crippen molar-refractivity contribution in [2.45, 2.75) is 19.4 Å². The van der Waals surface area contributed by atoms with Crippen LogP contribution in [0.4, 0.5) is 5.82 Å². The van der Waals surface area contributed by atoms with E-state index in [0.29, 0.717) is 47.1 Å². The van der Waals surface area contributed by atoms with Gasteiger partial charge >= 0.3 is 0 Å². The van der Waals surface area contributed by atoms with Gasteiger partial charge in [0.15, 0.2) is 11.6 Å². The van der Waals surface area contributed by atoms with Crippen LogP contribution >= 0.6 is 23.2 Å². The van der Waals surface area contributed by atoms with E-state index in [1.54, 1.807) is 29.2 Å². The summed E-state index contributed by atoms with van der Waals surface area (Å²) in [5.41, 5.74) is 12.2. The fourth-order valence-electron chi connectivity index (χ4n) is 3.06. The highest BCUT2D eigenvalue weighted by Gasteiger charge is 2.27. The molecule has 9 heteroatoms. The first-order chi connectivity index (χ1) is 13.4. The molecule has 1 saturated heterocycles. The lowest BCUT2D eigenvalue weighted by molar-refractivity contribution is -0.123. The Morgan fingerprint density at radius 3 is 2.46 bits per heavy atom. The summed E-state index contributed by atoms with van der Waals surface area (Å²) in [5, 5.41) is 0.951. The normalized spacial score (nSPS) is 14.7. The van der Waals surface area contributed by atoms with E-state index in [0.717, 1.165) is 0 Å². The van der Waals surface area contributed by atoms with Crippen LogP contribution in [0.25, 0.3) is 0 Å². The topological polar surface area (TPSA) is 112 Å². The molecular weight excluding hydrogens is 403 g/mol. The van der Waals surface area contributed by atoms with Crippen LogP contribution in [-0.2, 0) is 11.4 Å². The quantitative estimate of drug-likeness (QED) is 0.768. The second-order valence-corrected chi connectivity index (χ2v) is 7.38. The zero-order chi connectivity index (χ0) is 20.3. The lowest BCUT2D eigenvalue weighted by atomic mass is 9.96. The van der Waals surface area contributed by atoms with Gasteiger partial charge in [0.25, 0.3) is 5.91 Å². The van der Waals surface area contributed by atoms with E-state index in [2.05, 4.69) is 4.98 Å². The first-order valence-corrected chi connectivity index (χ1v) is 9.52. The van der Waals surface area contributed by atoms with Crippen molar-refractivity contribution in [3.8, 4) is 5.75 Å². The van der Waals surface area contributed by atoms with E-state index in [1.807, 2.05) is 0 Å². The molecule has 1 aliphatic rings. The van der Waals surface area contributed by atoms with Crippen molar-refractivity contribution in [2.24, 2.45) is 11.7 Å². The summed E-state index contributed by atoms with van der Waals surface area (Å²) < 4.78 is 5.72. The molecule has 2 heterocycles. The lowest BCUT2D eigenvalue weighted by Gasteiger charge is -2.30. The number of hydrogen-bond acceptors (Lipinski definition) is 5. The van der Waals surface area contributed by atoms with Crippen molar-refractivity contribution in [3.05, 3.63) is 51.6 Å². The lowest BCUT2D eigenvalue weighted by Crippen LogP contribution is -2.41. The predicted molar refractivity (Wildman–Crippen MR) is 107 cm³/mol. The average Bonchev–Trinajstić information content (AvgIpc) is 2.68. The van der Waals surface area contributed by atoms with Crippen molar-refractivity contribution < 1.29 is 14.3 Å². The van der Waals surface area contributed by atoms with Gasteiger partial charge in [0.2, 0.25) is 5.91 Å². The maximum Gasteiger partial charge on any atom is 0.255 e. The van der Waals surface area contributed by atoms with Gasteiger partial charge in [-0.25, -0.2) is 4.98 Å². The summed E-state index contributed by atoms with van der Waals surface area (Å²) >= 11 is 12.3. The fraction of sp³-hybridized carbons (Fsp3) is 0.316. The van der Waals surface area contributed by atoms with E-state index in [-0.39, 0.29) is 35.9 Å². The number of rotatable bonds is 5. The van der Waals surface area contributed by atoms with Crippen LogP contribution in [-0.4, -0.2) is 34.8 Å². The van der Waals surface area contributed by atoms with E-state index < -0.39 is 0 Å². The standard InChI is InChI=1S/C19H20Cl2N4O3/c20-14-2-1-3-15(21)13(14)10-28-16-8-12(9-24-17(16)22)19(27)25-6-4-11(5-7-25)18(23)26/h1-3,8-9,11H,4-7,10H2,(H2,22,24)(H2,23,26). The highest BCUT2D eigenvalue weighted by atomic mass is 35.5. The number of carbonyl (C=O) groups excluding carboxylic acids is 2. The van der Waals surface area contributed by atoms with Crippen LogP contribution in [0, 0.1) is 5.92 Å². The van der Waals surface area contributed by atoms with E-state index in [4.69, 9.17) is 39.4 Å². The maximum atomic E-state index is 12.8. The summed E-state index contributed by atoms with van der Waals surface area (Å²) in [6.45, 7) is 1.01. The number of primary amides is 1. The summed E-state index contributed by atoms with van der Waals surface area (Å²) in [7, 11) is 0. The number of likely N-dealkylation sites (tertiary alicyclic amines) is 1. The van der Waals surface area contributed by atoms with Crippen molar-refractivity contribution in [1.29, 1.82) is 0 Å². The minimum atomic E-state index is -0.324. The molecule has 2 aromatic rings. The van der Waals surface area contributed by atoms with Crippen molar-refractivity contribution >= 4 is 40.8 Å². The number of ether oxygens (including phenoxy) is 1. The second-order valence-electron chi connectivity index (χ2n) is 6.57. The van der Waals surface area contributed by atoms with Crippen LogP contribution in [0.2, 0.25) is 10.0 Å². The van der Waals surface area contributed by atoms with Crippen LogP contribution in [0.15, 0.2) is 30.5 Å². The number of aromatic nitrogens is 1. The van der Waals surface area contributed by atoms with Gasteiger partial charge in [0.1, 0.15) is 6.61 Å². The molecule has 3 rings (SSSR count). The Hall–Kier alpha value is -2.51. The number of anilines is 1. The Morgan fingerprint density at radius 1 is 1.21 bits per heavy atom. The maximum absolute atomic E-state index is 12.8. The summed E-state index contributed by atoms with van der Waals surface area (Å²) in [4.78, 5) is 29.8. The fourth-order valence-corrected chi connectivity index (χ4v) is 3.56. The Bertz CT molecular complexity index is 878. The highest BCUT2D eigenvalue weighted by Crippen LogP contribution is 2.28. The third-order valence-electron chi connectivity index (χ3n) is 4.75. The number of piperidine rings is 1. The molecule has 0 spiro atoms. The van der Waals surface area contributed by atoms with E-state index >= 15 is 0 Å². The highest BCUT2D eigenvalue weighted by molar-refractivity contribution is 6.35. The summed E-state index contributed by atoms with van der Waals surface area (Å²) in [6, 6.07) is 6.72. The Balaban J connectivity index is 1.71. The molecule has 0 radical (unpaired) electrons. The SMILES string of the molecule is NC(=O)C1CCN(C(=O)c2cnc(N)c(OCc3c(Cl)cccc3Cl)c2)CC1. The molecular formula is C19H20Cl2N4O3. The average molecular weight is 423 g/mol. The minimum absolute atomic E-state index is 0.0893. The molecule has 0 atom stereocenters. The molecule has 1 aromatic carbocycles. The van der Waals surface area contributed by atoms with Crippen molar-refractivity contribution in [2.75, 3.05) is 18.8 Å². The molecule has 0 bridgehead atoms. The first kappa shape index (κ1) is 20.2. The monoisotopic (exact) mass is 422 g/mol. The number of nitrogens with zero attached hydrogens (tertiary/aromatic N) is 2. The van der Waals surface area contributed by atoms with Gasteiger partial charge in [-0.1, -0.05) is 29.3 Å². The van der Waals surface area contributed by atoms with Crippen molar-refractivity contribution in [3.63, 3.8) is 0 Å². The molecule has 1 aliphatic heterocycles. The van der Waals surface area contributed by atoms with Crippen LogP contribution in [0.5, 0.6) is 5.75 Å². The van der Waals surface area contributed by atoms with Gasteiger partial charge in [0, 0.05) is 40.8 Å². The molecule has 1 fully saturated rings. The molecule has 7 nitrogen and oxygen atoms in total. The molecule has 0 aliphatic carbocycles. The van der Waals surface area contributed by atoms with Crippen LogP contribution < -0.4 is 16.2 Å². The van der Waals surface area contributed by atoms with E-state index in [9.17, 15) is 9.59 Å². The number of nitrogens with two attached hydrogens (primary N) is 2. The smallest absolute Gasteiger partial charge is 0.255 e. The Morgan fingerprint density at radius 2 is 1.86 bits per heavy atom. The van der Waals surface area contributed by atoms with Gasteiger partial charge < -0.3 is 21.1 Å². The number of benzene rings is 1. The van der Waals surface area contributed by atoms with Gasteiger partial charge in [-0.2, -0.15) is 0 Å². The molecule has 2 amide bonds. The molecule has 0 saturated carbocycles. The van der Waals surface area contributed by atoms with Gasteiger partial charge in [-0.15, -0.1) is 0 Å². The van der Waals surface area contributed by atoms with Gasteiger partial charge in [-0.3, -0.25) is 9.59 Å². The van der Waals surface area contributed by atoms with Crippen LogP contribution in [0.3, 0.4) is 0 Å². The molecule has 4 N–H and O–H groups in total. The summed E-state index contributed by atoms with van der Waals surface area (Å²) in [5.74, 6) is -0.278. The number of nitrogen functional groups attached to an aromatic ring is 1. The molecule has 0 unspecified atom stereocenters. The predicted octanol–water partition coefficient (Wildman–Crippen LogP) is 2.89. The number of pyridine rings is 1. The zero-order valence-corrected chi connectivity index (χ0v) is 16.5. The number of carbonyl (C=O) groups is 2. The second kappa shape index (κ2) is 8.67. The van der Waals surface area contributed by atoms with E-state index in [1.165, 1.54) is 6.20 Å². The molecule has 1 aromatic heterocycles. The number of amides is 2. The molecule has 28 heavy (non-hydrogen) atoms. The van der Waals surface area contributed by atoms with Gasteiger partial charge in [0.05, 0.1) is 5.56 Å². The number of hydrogen-bond donors (Lipinski definition) is 2. The van der Waals surface area contributed by atoms with Gasteiger partial charge in [-0.05, 0) is 31.0 Å².